The lowest BCUT2D eigenvalue weighted by atomic mass is 9.86. The second kappa shape index (κ2) is 7.83. The van der Waals surface area contributed by atoms with Crippen molar-refractivity contribution in [2.24, 2.45) is 0 Å². The predicted molar refractivity (Wildman–Crippen MR) is 121 cm³/mol. The number of esters is 1. The van der Waals surface area contributed by atoms with Crippen molar-refractivity contribution < 1.29 is 14.6 Å². The molecule has 0 saturated carbocycles. The number of pyridine rings is 2. The summed E-state index contributed by atoms with van der Waals surface area (Å²) < 4.78 is 6.87. The summed E-state index contributed by atoms with van der Waals surface area (Å²) in [7, 11) is 0. The first-order valence-electron chi connectivity index (χ1n) is 11.3. The molecule has 32 heavy (non-hydrogen) atoms. The molecule has 0 fully saturated rings. The maximum Gasteiger partial charge on any atom is 0.343 e. The minimum absolute atomic E-state index is 0.116. The van der Waals surface area contributed by atoms with Gasteiger partial charge in [-0.3, -0.25) is 4.79 Å². The molecule has 0 spiro atoms. The van der Waals surface area contributed by atoms with Crippen LogP contribution in [0.25, 0.3) is 22.3 Å². The normalized spacial score (nSPS) is 18.9. The van der Waals surface area contributed by atoms with Crippen molar-refractivity contribution in [3.05, 3.63) is 62.9 Å². The van der Waals surface area contributed by atoms with Gasteiger partial charge >= 0.3 is 5.97 Å². The van der Waals surface area contributed by atoms with Crippen LogP contribution in [0.2, 0.25) is 0 Å². The summed E-state index contributed by atoms with van der Waals surface area (Å²) in [5, 5.41) is 15.6. The minimum atomic E-state index is -1.81. The van der Waals surface area contributed by atoms with Gasteiger partial charge in [0, 0.05) is 16.5 Å². The molecule has 0 aliphatic carbocycles. The van der Waals surface area contributed by atoms with E-state index in [-0.39, 0.29) is 18.6 Å². The Hall–Kier alpha value is -3.03. The molecule has 2 N–H and O–H groups in total. The number of hydrogen-bond acceptors (Lipinski definition) is 6. The molecular weight excluding hydrogens is 406 g/mol. The number of ether oxygens (including phenoxy) is 1. The lowest BCUT2D eigenvalue weighted by Crippen LogP contribution is -2.44. The maximum absolute atomic E-state index is 13.4. The zero-order chi connectivity index (χ0) is 22.5. The molecule has 2 aliphatic rings. The molecule has 4 heterocycles. The monoisotopic (exact) mass is 433 g/mol. The van der Waals surface area contributed by atoms with Gasteiger partial charge in [0.1, 0.15) is 6.61 Å². The van der Waals surface area contributed by atoms with Gasteiger partial charge in [-0.2, -0.15) is 0 Å². The molecule has 5 rings (SSSR count). The Morgan fingerprint density at radius 2 is 2.00 bits per heavy atom. The van der Waals surface area contributed by atoms with Crippen molar-refractivity contribution in [3.63, 3.8) is 0 Å². The fraction of sp³-hybridized carbons (Fsp3) is 0.400. The van der Waals surface area contributed by atoms with E-state index in [9.17, 15) is 14.7 Å². The molecule has 1 aromatic carbocycles. The number of benzene rings is 1. The Morgan fingerprint density at radius 1 is 1.19 bits per heavy atom. The third-order valence-electron chi connectivity index (χ3n) is 6.69. The smallest absolute Gasteiger partial charge is 0.343 e. The molecule has 0 radical (unpaired) electrons. The zero-order valence-electron chi connectivity index (χ0n) is 18.4. The number of rotatable bonds is 6. The average molecular weight is 434 g/mol. The number of aliphatic hydroxyl groups is 1. The average Bonchev–Trinajstić information content (AvgIpc) is 3.17. The van der Waals surface area contributed by atoms with E-state index >= 15 is 0 Å². The van der Waals surface area contributed by atoms with Crippen LogP contribution >= 0.6 is 0 Å². The quantitative estimate of drug-likeness (QED) is 0.359. The van der Waals surface area contributed by atoms with Gasteiger partial charge in [0.2, 0.25) is 0 Å². The minimum Gasteiger partial charge on any atom is -0.458 e. The van der Waals surface area contributed by atoms with Crippen molar-refractivity contribution in [2.45, 2.75) is 51.9 Å². The summed E-state index contributed by atoms with van der Waals surface area (Å²) in [6.07, 6.45) is 2.03. The van der Waals surface area contributed by atoms with Gasteiger partial charge in [0.15, 0.2) is 5.60 Å². The van der Waals surface area contributed by atoms with Crippen LogP contribution in [-0.2, 0) is 34.7 Å². The highest BCUT2D eigenvalue weighted by Crippen LogP contribution is 2.40. The number of carbonyl (C=O) groups is 1. The van der Waals surface area contributed by atoms with Gasteiger partial charge in [-0.15, -0.1) is 0 Å². The van der Waals surface area contributed by atoms with Gasteiger partial charge in [-0.25, -0.2) is 9.78 Å². The third-order valence-corrected chi connectivity index (χ3v) is 6.69. The van der Waals surface area contributed by atoms with E-state index in [1.165, 1.54) is 5.56 Å². The van der Waals surface area contributed by atoms with Crippen LogP contribution in [0, 0.1) is 0 Å². The van der Waals surface area contributed by atoms with Crippen molar-refractivity contribution in [3.8, 4) is 11.4 Å². The molecule has 1 atom stereocenters. The standard InChI is InChI=1S/C25H27N3O4/c1-3-10-26-11-9-15-16-7-5-6-8-20(16)27-22-17(15)13-28-21(22)12-19-18(23(28)29)14-32-24(30)25(19,31)4-2/h5-8,12,26,31H,3-4,9-11,13-14H2,1-2H3. The van der Waals surface area contributed by atoms with Crippen LogP contribution in [-0.4, -0.2) is 33.7 Å². The molecule has 1 unspecified atom stereocenters. The largest absolute Gasteiger partial charge is 0.458 e. The third kappa shape index (κ3) is 2.99. The van der Waals surface area contributed by atoms with Crippen molar-refractivity contribution in [2.75, 3.05) is 13.1 Å². The highest BCUT2D eigenvalue weighted by atomic mass is 16.6. The number of aromatic nitrogens is 2. The van der Waals surface area contributed by atoms with Crippen LogP contribution in [0.1, 0.15) is 48.9 Å². The first kappa shape index (κ1) is 20.8. The van der Waals surface area contributed by atoms with Gasteiger partial charge in [-0.1, -0.05) is 32.0 Å². The second-order valence-corrected chi connectivity index (χ2v) is 8.54. The Morgan fingerprint density at radius 3 is 2.78 bits per heavy atom. The highest BCUT2D eigenvalue weighted by Gasteiger charge is 2.45. The van der Waals surface area contributed by atoms with Gasteiger partial charge in [0.05, 0.1) is 29.0 Å². The van der Waals surface area contributed by atoms with Crippen LogP contribution < -0.4 is 10.9 Å². The Balaban J connectivity index is 1.71. The van der Waals surface area contributed by atoms with E-state index in [0.717, 1.165) is 48.1 Å². The molecule has 0 amide bonds. The van der Waals surface area contributed by atoms with Crippen LogP contribution in [0.3, 0.4) is 0 Å². The van der Waals surface area contributed by atoms with Gasteiger partial charge < -0.3 is 19.7 Å². The first-order valence-corrected chi connectivity index (χ1v) is 11.3. The predicted octanol–water partition coefficient (Wildman–Crippen LogP) is 2.62. The number of cyclic esters (lactones) is 1. The lowest BCUT2D eigenvalue weighted by molar-refractivity contribution is -0.172. The maximum atomic E-state index is 13.4. The van der Waals surface area contributed by atoms with Crippen molar-refractivity contribution in [1.29, 1.82) is 0 Å². The van der Waals surface area contributed by atoms with Crippen LogP contribution in [0.5, 0.6) is 0 Å². The Bertz CT molecular complexity index is 1300. The number of para-hydroxylation sites is 1. The summed E-state index contributed by atoms with van der Waals surface area (Å²) in [5.74, 6) is -0.704. The zero-order valence-corrected chi connectivity index (χ0v) is 18.4. The molecule has 7 heteroatoms. The van der Waals surface area contributed by atoms with E-state index in [2.05, 4.69) is 18.3 Å². The van der Waals surface area contributed by atoms with E-state index in [4.69, 9.17) is 9.72 Å². The second-order valence-electron chi connectivity index (χ2n) is 8.54. The molecule has 0 bridgehead atoms. The van der Waals surface area contributed by atoms with Crippen LogP contribution in [0.4, 0.5) is 0 Å². The van der Waals surface area contributed by atoms with Crippen molar-refractivity contribution in [1.82, 2.24) is 14.9 Å². The number of nitrogens with one attached hydrogen (secondary N) is 1. The topological polar surface area (TPSA) is 93.5 Å². The molecule has 7 nitrogen and oxygen atoms in total. The molecule has 2 aromatic heterocycles. The fourth-order valence-electron chi connectivity index (χ4n) is 4.91. The molecule has 2 aliphatic heterocycles. The number of nitrogens with zero attached hydrogens (tertiary/aromatic N) is 2. The van der Waals surface area contributed by atoms with Crippen LogP contribution in [0.15, 0.2) is 35.1 Å². The summed E-state index contributed by atoms with van der Waals surface area (Å²) in [6.45, 7) is 5.96. The number of fused-ring (bicyclic) bond motifs is 5. The van der Waals surface area contributed by atoms with E-state index in [0.29, 0.717) is 23.4 Å². The van der Waals surface area contributed by atoms with E-state index < -0.39 is 11.6 Å². The Labute approximate surface area is 186 Å². The number of carbonyl (C=O) groups excluding carboxylic acids is 1. The molecule has 0 saturated heterocycles. The summed E-state index contributed by atoms with van der Waals surface area (Å²) in [6, 6.07) is 9.81. The SMILES string of the molecule is CCCNCCc1c2c(nc3ccccc13)-c1cc3c(c(=O)n1C2)COC(=O)C3(O)CC. The first-order chi connectivity index (χ1) is 15.5. The fourth-order valence-corrected chi connectivity index (χ4v) is 4.91. The van der Waals surface area contributed by atoms with E-state index in [1.807, 2.05) is 18.2 Å². The summed E-state index contributed by atoms with van der Waals surface area (Å²) in [4.78, 5) is 30.7. The molecule has 3 aromatic rings. The molecule has 166 valence electrons. The molecular formula is C25H27N3O4. The number of hydrogen-bond donors (Lipinski definition) is 2. The lowest BCUT2D eigenvalue weighted by Gasteiger charge is -2.31. The van der Waals surface area contributed by atoms with Gasteiger partial charge in [0.25, 0.3) is 5.56 Å². The Kier molecular flexibility index (Phi) is 5.10. The van der Waals surface area contributed by atoms with Crippen molar-refractivity contribution >= 4 is 16.9 Å². The summed E-state index contributed by atoms with van der Waals surface area (Å²) >= 11 is 0. The van der Waals surface area contributed by atoms with Gasteiger partial charge in [-0.05, 0) is 50.0 Å². The van der Waals surface area contributed by atoms with E-state index in [1.54, 1.807) is 17.6 Å². The summed E-state index contributed by atoms with van der Waals surface area (Å²) in [5.41, 5.74) is 3.17. The highest BCUT2D eigenvalue weighted by molar-refractivity contribution is 5.89.